The van der Waals surface area contributed by atoms with E-state index in [1.807, 2.05) is 0 Å². The number of hydrogen-bond donors (Lipinski definition) is 2. The highest BCUT2D eigenvalue weighted by Gasteiger charge is 2.01. The molecule has 0 aromatic carbocycles. The van der Waals surface area contributed by atoms with Crippen molar-refractivity contribution in [3.8, 4) is 0 Å². The Kier molecular flexibility index (Phi) is 21.7. The van der Waals surface area contributed by atoms with Crippen LogP contribution in [0.2, 0.25) is 0 Å². The van der Waals surface area contributed by atoms with Crippen LogP contribution in [0.25, 0.3) is 0 Å². The Morgan fingerprint density at radius 1 is 1.13 bits per heavy atom. The SMILES string of the molecule is CC(Br)CBr.CC(Br)CBr.O=P(O)(O)Cl. The van der Waals surface area contributed by atoms with E-state index in [1.54, 1.807) is 0 Å². The quantitative estimate of drug-likeness (QED) is 0.412. The third-order valence-corrected chi connectivity index (χ3v) is 4.75. The lowest BCUT2D eigenvalue weighted by Gasteiger charge is -1.86. The van der Waals surface area contributed by atoms with Gasteiger partial charge in [0.1, 0.15) is 0 Å². The van der Waals surface area contributed by atoms with Crippen molar-refractivity contribution in [2.45, 2.75) is 23.5 Å². The first-order chi connectivity index (χ1) is 6.54. The fourth-order valence-corrected chi connectivity index (χ4v) is 0. The number of rotatable bonds is 2. The number of alkyl halides is 4. The first kappa shape index (κ1) is 22.5. The Morgan fingerprint density at radius 2 is 1.20 bits per heavy atom. The third kappa shape index (κ3) is 83.4. The Hall–Kier alpha value is 2.36. The molecule has 0 fully saturated rings. The molecule has 2 unspecified atom stereocenters. The molecule has 0 heterocycles. The molecule has 0 radical (unpaired) electrons. The molecular weight excluding hydrogens is 506 g/mol. The van der Waals surface area contributed by atoms with Gasteiger partial charge in [-0.2, -0.15) is 0 Å². The minimum Gasteiger partial charge on any atom is -0.313 e. The van der Waals surface area contributed by atoms with Crippen LogP contribution in [0.1, 0.15) is 13.8 Å². The van der Waals surface area contributed by atoms with Gasteiger partial charge in [0, 0.05) is 31.6 Å². The molecule has 0 saturated carbocycles. The van der Waals surface area contributed by atoms with Crippen LogP contribution >= 0.6 is 81.9 Å². The zero-order valence-corrected chi connectivity index (χ0v) is 16.2. The zero-order valence-electron chi connectivity index (χ0n) is 8.21. The van der Waals surface area contributed by atoms with Gasteiger partial charge in [0.15, 0.2) is 0 Å². The van der Waals surface area contributed by atoms with Crippen molar-refractivity contribution < 1.29 is 14.4 Å². The van der Waals surface area contributed by atoms with Gasteiger partial charge in [0.25, 0.3) is 0 Å². The van der Waals surface area contributed by atoms with Crippen molar-refractivity contribution in [1.29, 1.82) is 0 Å². The smallest absolute Gasteiger partial charge is 0.313 e. The molecule has 96 valence electrons. The van der Waals surface area contributed by atoms with Crippen molar-refractivity contribution >= 4 is 81.9 Å². The van der Waals surface area contributed by atoms with Crippen LogP contribution in [0.4, 0.5) is 0 Å². The molecule has 0 aliphatic carbocycles. The maximum atomic E-state index is 9.09. The van der Waals surface area contributed by atoms with E-state index in [-0.39, 0.29) is 0 Å². The van der Waals surface area contributed by atoms with Crippen LogP contribution in [0, 0.1) is 0 Å². The molecule has 0 aromatic rings. The number of halogens is 5. The standard InChI is InChI=1S/2C3H6Br2.ClH2O3P/c2*1-3(5)2-4;1-5(2,3)4/h2*3H,2H2,1H3;(H2,2,3,4). The first-order valence-corrected chi connectivity index (χ1v) is 10.3. The van der Waals surface area contributed by atoms with Crippen molar-refractivity contribution in [3.05, 3.63) is 0 Å². The minimum absolute atomic E-state index is 0.613. The lowest BCUT2D eigenvalue weighted by Crippen LogP contribution is -1.85. The Labute approximate surface area is 129 Å². The molecule has 2 atom stereocenters. The van der Waals surface area contributed by atoms with Crippen LogP contribution in [-0.4, -0.2) is 30.1 Å². The fourth-order valence-electron chi connectivity index (χ4n) is 0. The van der Waals surface area contributed by atoms with E-state index in [0.717, 1.165) is 10.7 Å². The molecule has 15 heavy (non-hydrogen) atoms. The van der Waals surface area contributed by atoms with Crippen molar-refractivity contribution in [2.75, 3.05) is 10.7 Å². The van der Waals surface area contributed by atoms with Crippen LogP contribution in [0.15, 0.2) is 0 Å². The molecule has 0 rings (SSSR count). The molecule has 0 aliphatic rings. The van der Waals surface area contributed by atoms with Crippen LogP contribution in [-0.2, 0) is 4.57 Å². The largest absolute Gasteiger partial charge is 0.419 e. The van der Waals surface area contributed by atoms with Gasteiger partial charge in [-0.3, -0.25) is 0 Å². The summed E-state index contributed by atoms with van der Waals surface area (Å²) >= 11 is 17.4. The molecule has 9 heteroatoms. The summed E-state index contributed by atoms with van der Waals surface area (Å²) in [4.78, 5) is 16.0. The van der Waals surface area contributed by atoms with Gasteiger partial charge in [-0.25, -0.2) is 4.57 Å². The molecule has 3 nitrogen and oxygen atoms in total. The van der Waals surface area contributed by atoms with E-state index in [2.05, 4.69) is 88.8 Å². The maximum Gasteiger partial charge on any atom is 0.419 e. The second kappa shape index (κ2) is 14.4. The highest BCUT2D eigenvalue weighted by atomic mass is 79.9. The second-order valence-electron chi connectivity index (χ2n) is 2.34. The van der Waals surface area contributed by atoms with Crippen molar-refractivity contribution in [3.63, 3.8) is 0 Å². The van der Waals surface area contributed by atoms with E-state index in [9.17, 15) is 0 Å². The monoisotopic (exact) mass is 516 g/mol. The van der Waals surface area contributed by atoms with Gasteiger partial charge >= 0.3 is 6.95 Å². The average Bonchev–Trinajstić information content (AvgIpc) is 2.02. The van der Waals surface area contributed by atoms with E-state index in [0.29, 0.717) is 9.65 Å². The van der Waals surface area contributed by atoms with Gasteiger partial charge in [-0.15, -0.1) is 0 Å². The summed E-state index contributed by atoms with van der Waals surface area (Å²) in [6, 6.07) is 0. The van der Waals surface area contributed by atoms with Crippen LogP contribution in [0.5, 0.6) is 0 Å². The minimum atomic E-state index is -4.17. The lowest BCUT2D eigenvalue weighted by atomic mass is 10.6. The van der Waals surface area contributed by atoms with E-state index in [1.165, 1.54) is 0 Å². The van der Waals surface area contributed by atoms with E-state index < -0.39 is 6.95 Å². The van der Waals surface area contributed by atoms with Crippen LogP contribution in [0.3, 0.4) is 0 Å². The normalized spacial score (nSPS) is 13.9. The summed E-state index contributed by atoms with van der Waals surface area (Å²) in [5.74, 6) is 0. The number of hydrogen-bond acceptors (Lipinski definition) is 1. The van der Waals surface area contributed by atoms with Gasteiger partial charge in [-0.05, 0) is 0 Å². The third-order valence-electron chi connectivity index (χ3n) is 0.425. The highest BCUT2D eigenvalue weighted by Crippen LogP contribution is 2.39. The lowest BCUT2D eigenvalue weighted by molar-refractivity contribution is 0.395. The summed E-state index contributed by atoms with van der Waals surface area (Å²) in [6.45, 7) is 0.0174. The zero-order chi connectivity index (χ0) is 13.1. The molecule has 0 aromatic heterocycles. The van der Waals surface area contributed by atoms with Gasteiger partial charge in [0.2, 0.25) is 0 Å². The first-order valence-electron chi connectivity index (χ1n) is 3.69. The predicted molar refractivity (Wildman–Crippen MR) is 82.3 cm³/mol. The van der Waals surface area contributed by atoms with Crippen molar-refractivity contribution in [2.24, 2.45) is 0 Å². The summed E-state index contributed by atoms with van der Waals surface area (Å²) < 4.78 is 9.09. The summed E-state index contributed by atoms with van der Waals surface area (Å²) in [7, 11) is 0. The van der Waals surface area contributed by atoms with E-state index >= 15 is 0 Å². The average molecular weight is 520 g/mol. The topological polar surface area (TPSA) is 57.5 Å². The van der Waals surface area contributed by atoms with Crippen LogP contribution < -0.4 is 0 Å². The predicted octanol–water partition coefficient (Wildman–Crippen LogP) is 4.65. The Bertz CT molecular complexity index is 148. The van der Waals surface area contributed by atoms with E-state index in [4.69, 9.17) is 14.4 Å². The summed E-state index contributed by atoms with van der Waals surface area (Å²) in [5, 5.41) is 2.07. The second-order valence-corrected chi connectivity index (χ2v) is 9.03. The molecule has 0 saturated heterocycles. The fraction of sp³-hybridized carbons (Fsp3) is 1.00. The summed E-state index contributed by atoms with van der Waals surface area (Å²) in [6.07, 6.45) is 0. The summed E-state index contributed by atoms with van der Waals surface area (Å²) in [5.41, 5.74) is 0. The molecule has 0 amide bonds. The molecule has 0 aliphatic heterocycles. The Balaban J connectivity index is -0.000000144. The molecule has 0 spiro atoms. The van der Waals surface area contributed by atoms with Gasteiger partial charge in [0.05, 0.1) is 0 Å². The van der Waals surface area contributed by atoms with Crippen molar-refractivity contribution in [1.82, 2.24) is 0 Å². The van der Waals surface area contributed by atoms with Gasteiger partial charge < -0.3 is 9.79 Å². The van der Waals surface area contributed by atoms with Gasteiger partial charge in [-0.1, -0.05) is 77.6 Å². The molecule has 0 bridgehead atoms. The maximum absolute atomic E-state index is 9.09. The molecule has 2 N–H and O–H groups in total. The molecular formula is C6H14Br4ClO3P. The highest BCUT2D eigenvalue weighted by molar-refractivity contribution is 9.12. The Morgan fingerprint density at radius 3 is 1.20 bits per heavy atom.